The van der Waals surface area contributed by atoms with E-state index in [0.29, 0.717) is 23.8 Å². The maximum absolute atomic E-state index is 13.4. The van der Waals surface area contributed by atoms with Crippen molar-refractivity contribution in [2.75, 3.05) is 5.32 Å². The van der Waals surface area contributed by atoms with Gasteiger partial charge in [0.1, 0.15) is 11.6 Å². The third-order valence-electron chi connectivity index (χ3n) is 5.41. The third kappa shape index (κ3) is 3.85. The highest BCUT2D eigenvalue weighted by Crippen LogP contribution is 2.31. The summed E-state index contributed by atoms with van der Waals surface area (Å²) in [6, 6.07) is 14.8. The molecule has 0 unspecified atom stereocenters. The van der Waals surface area contributed by atoms with E-state index in [1.165, 1.54) is 28.0 Å². The van der Waals surface area contributed by atoms with Crippen LogP contribution in [0, 0.1) is 5.82 Å². The van der Waals surface area contributed by atoms with E-state index in [0.717, 1.165) is 15.8 Å². The minimum atomic E-state index is -3.93. The fourth-order valence-corrected chi connectivity index (χ4v) is 5.62. The molecule has 5 rings (SSSR count). The summed E-state index contributed by atoms with van der Waals surface area (Å²) in [5.74, 6) is 0.506. The van der Waals surface area contributed by atoms with Crippen LogP contribution in [-0.4, -0.2) is 28.2 Å². The number of hydrogen-bond donors (Lipinski definition) is 1. The maximum atomic E-state index is 13.4. The molecule has 5 aromatic rings. The number of nitrogens with one attached hydrogen (secondary N) is 1. The van der Waals surface area contributed by atoms with Crippen LogP contribution in [0.5, 0.6) is 0 Å². The molecule has 0 fully saturated rings. The molecule has 168 valence electrons. The van der Waals surface area contributed by atoms with Crippen molar-refractivity contribution in [2.24, 2.45) is 0 Å². The van der Waals surface area contributed by atoms with Crippen molar-refractivity contribution in [3.05, 3.63) is 76.9 Å². The Kier molecular flexibility index (Phi) is 5.34. The van der Waals surface area contributed by atoms with Gasteiger partial charge in [-0.25, -0.2) is 17.8 Å². The number of anilines is 1. The lowest BCUT2D eigenvalue weighted by atomic mass is 10.0. The van der Waals surface area contributed by atoms with Gasteiger partial charge in [-0.2, -0.15) is 4.52 Å². The quantitative estimate of drug-likeness (QED) is 0.365. The zero-order valence-electron chi connectivity index (χ0n) is 17.9. The summed E-state index contributed by atoms with van der Waals surface area (Å²) in [4.78, 5) is 4.73. The molecule has 3 aromatic heterocycles. The number of hydrogen-bond acceptors (Lipinski definition) is 7. The van der Waals surface area contributed by atoms with Gasteiger partial charge in [-0.15, -0.1) is 16.4 Å². The van der Waals surface area contributed by atoms with Gasteiger partial charge in [0.15, 0.2) is 5.65 Å². The van der Waals surface area contributed by atoms with Crippen molar-refractivity contribution < 1.29 is 12.8 Å². The molecule has 0 spiro atoms. The summed E-state index contributed by atoms with van der Waals surface area (Å²) < 4.78 is 42.2. The Balaban J connectivity index is 1.58. The molecule has 33 heavy (non-hydrogen) atoms. The molecule has 0 aliphatic carbocycles. The fraction of sp³-hybridized carbons (Fsp3) is 0.174. The van der Waals surface area contributed by atoms with Crippen LogP contribution < -0.4 is 5.32 Å². The van der Waals surface area contributed by atoms with Crippen LogP contribution in [0.1, 0.15) is 30.9 Å². The molecule has 0 aliphatic rings. The fourth-order valence-electron chi connectivity index (χ4n) is 3.55. The van der Waals surface area contributed by atoms with Crippen LogP contribution in [0.25, 0.3) is 15.9 Å². The number of aromatic nitrogens is 4. The van der Waals surface area contributed by atoms with Crippen molar-refractivity contribution >= 4 is 42.9 Å². The van der Waals surface area contributed by atoms with Gasteiger partial charge in [-0.3, -0.25) is 0 Å². The van der Waals surface area contributed by atoms with Gasteiger partial charge >= 0.3 is 0 Å². The Morgan fingerprint density at radius 1 is 1.06 bits per heavy atom. The minimum absolute atomic E-state index is 0.141. The summed E-state index contributed by atoms with van der Waals surface area (Å²) in [6.07, 6.45) is 0. The van der Waals surface area contributed by atoms with Gasteiger partial charge in [0.2, 0.25) is 14.9 Å². The molecule has 0 bridgehead atoms. The van der Waals surface area contributed by atoms with E-state index in [4.69, 9.17) is 0 Å². The third-order valence-corrected chi connectivity index (χ3v) is 7.98. The average Bonchev–Trinajstić information content (AvgIpc) is 3.46. The molecule has 0 aliphatic heterocycles. The van der Waals surface area contributed by atoms with Gasteiger partial charge in [0.25, 0.3) is 0 Å². The SMILES string of the molecule is CC(C)c1ccc(S(=O)(=O)c2nnn3c2nc(NCc2ccc(F)cc2)c2sccc23)cc1. The number of nitrogens with zero attached hydrogens (tertiary/aromatic N) is 4. The first kappa shape index (κ1) is 21.5. The van der Waals surface area contributed by atoms with Gasteiger partial charge < -0.3 is 5.32 Å². The second kappa shape index (κ2) is 8.20. The van der Waals surface area contributed by atoms with E-state index in [2.05, 4.69) is 20.6 Å². The van der Waals surface area contributed by atoms with E-state index < -0.39 is 9.84 Å². The second-order valence-corrected chi connectivity index (χ2v) is 10.7. The highest BCUT2D eigenvalue weighted by Gasteiger charge is 2.27. The Labute approximate surface area is 193 Å². The van der Waals surface area contributed by atoms with Crippen LogP contribution in [0.4, 0.5) is 10.2 Å². The normalized spacial score (nSPS) is 12.1. The first-order chi connectivity index (χ1) is 15.8. The predicted octanol–water partition coefficient (Wildman–Crippen LogP) is 5.05. The Morgan fingerprint density at radius 3 is 2.48 bits per heavy atom. The van der Waals surface area contributed by atoms with Crippen LogP contribution in [0.15, 0.2) is 69.9 Å². The number of thiophene rings is 1. The number of halogens is 1. The van der Waals surface area contributed by atoms with Crippen molar-refractivity contribution in [3.63, 3.8) is 0 Å². The van der Waals surface area contributed by atoms with Crippen LogP contribution in [0.3, 0.4) is 0 Å². The molecule has 0 saturated heterocycles. The summed E-state index contributed by atoms with van der Waals surface area (Å²) in [7, 11) is -3.93. The lowest BCUT2D eigenvalue weighted by molar-refractivity contribution is 0.592. The smallest absolute Gasteiger partial charge is 0.229 e. The zero-order chi connectivity index (χ0) is 23.2. The van der Waals surface area contributed by atoms with Crippen LogP contribution in [-0.2, 0) is 16.4 Å². The monoisotopic (exact) mass is 481 g/mol. The van der Waals surface area contributed by atoms with E-state index in [1.54, 1.807) is 24.3 Å². The molecule has 0 radical (unpaired) electrons. The summed E-state index contributed by atoms with van der Waals surface area (Å²) >= 11 is 1.46. The van der Waals surface area contributed by atoms with Gasteiger partial charge in [-0.1, -0.05) is 43.3 Å². The molecule has 10 heteroatoms. The largest absolute Gasteiger partial charge is 0.365 e. The molecule has 0 amide bonds. The maximum Gasteiger partial charge on any atom is 0.229 e. The number of rotatable bonds is 6. The minimum Gasteiger partial charge on any atom is -0.365 e. The van der Waals surface area contributed by atoms with Crippen molar-refractivity contribution in [1.82, 2.24) is 19.8 Å². The van der Waals surface area contributed by atoms with E-state index in [9.17, 15) is 12.8 Å². The molecule has 1 N–H and O–H groups in total. The second-order valence-electron chi connectivity index (χ2n) is 7.93. The Bertz CT molecular complexity index is 1560. The van der Waals surface area contributed by atoms with E-state index in [1.807, 2.05) is 37.4 Å². The van der Waals surface area contributed by atoms with Crippen molar-refractivity contribution in [1.29, 1.82) is 0 Å². The van der Waals surface area contributed by atoms with Crippen molar-refractivity contribution in [3.8, 4) is 0 Å². The molecule has 2 aromatic carbocycles. The first-order valence-corrected chi connectivity index (χ1v) is 12.7. The summed E-state index contributed by atoms with van der Waals surface area (Å²) in [5.41, 5.74) is 2.77. The molecule has 7 nitrogen and oxygen atoms in total. The highest BCUT2D eigenvalue weighted by molar-refractivity contribution is 7.91. The van der Waals surface area contributed by atoms with Crippen molar-refractivity contribution in [2.45, 2.75) is 36.2 Å². The van der Waals surface area contributed by atoms with E-state index in [-0.39, 0.29) is 21.4 Å². The molecular formula is C23H20FN5O2S2. The number of benzene rings is 2. The number of sulfone groups is 1. The van der Waals surface area contributed by atoms with E-state index >= 15 is 0 Å². The molecule has 0 atom stereocenters. The highest BCUT2D eigenvalue weighted by atomic mass is 32.2. The number of fused-ring (bicyclic) bond motifs is 3. The predicted molar refractivity (Wildman–Crippen MR) is 126 cm³/mol. The topological polar surface area (TPSA) is 89.2 Å². The van der Waals surface area contributed by atoms with Gasteiger partial charge in [0, 0.05) is 6.54 Å². The lowest BCUT2D eigenvalue weighted by Gasteiger charge is -2.09. The van der Waals surface area contributed by atoms with Crippen LogP contribution in [0.2, 0.25) is 0 Å². The molecular weight excluding hydrogens is 461 g/mol. The van der Waals surface area contributed by atoms with Gasteiger partial charge in [0.05, 0.1) is 15.1 Å². The first-order valence-electron chi connectivity index (χ1n) is 10.3. The summed E-state index contributed by atoms with van der Waals surface area (Å²) in [5, 5.41) is 13.0. The molecule has 0 saturated carbocycles. The van der Waals surface area contributed by atoms with Crippen LogP contribution >= 0.6 is 11.3 Å². The zero-order valence-corrected chi connectivity index (χ0v) is 19.5. The Hall–Kier alpha value is -3.37. The molecule has 3 heterocycles. The standard InChI is InChI=1S/C23H20FN5O2S2/c1-14(2)16-5-9-18(10-6-16)33(30,31)23-22-26-21(25-13-15-3-7-17(24)8-4-15)20-19(11-12-32-20)29(22)28-27-23/h3-12,14H,13H2,1-2H3,(H,25,26). The Morgan fingerprint density at radius 2 is 1.79 bits per heavy atom. The van der Waals surface area contributed by atoms with Gasteiger partial charge in [-0.05, 0) is 52.8 Å². The average molecular weight is 482 g/mol. The lowest BCUT2D eigenvalue weighted by Crippen LogP contribution is -2.07. The summed E-state index contributed by atoms with van der Waals surface area (Å²) in [6.45, 7) is 4.50.